The maximum absolute atomic E-state index is 5.94. The van der Waals surface area contributed by atoms with Gasteiger partial charge in [-0.15, -0.1) is 0 Å². The zero-order chi connectivity index (χ0) is 13.7. The molecule has 4 aliphatic rings. The van der Waals surface area contributed by atoms with E-state index in [4.69, 9.17) is 10.2 Å². The van der Waals surface area contributed by atoms with Gasteiger partial charge in [0.05, 0.1) is 6.54 Å². The summed E-state index contributed by atoms with van der Waals surface area (Å²) in [6, 6.07) is 4.87. The highest BCUT2D eigenvalue weighted by Crippen LogP contribution is 2.55. The van der Waals surface area contributed by atoms with Crippen LogP contribution in [0.2, 0.25) is 0 Å². The quantitative estimate of drug-likeness (QED) is 0.915. The van der Waals surface area contributed by atoms with Crippen LogP contribution >= 0.6 is 0 Å². The molecule has 0 aromatic carbocycles. The van der Waals surface area contributed by atoms with E-state index in [-0.39, 0.29) is 0 Å². The summed E-state index contributed by atoms with van der Waals surface area (Å²) in [6.07, 6.45) is 7.35. The van der Waals surface area contributed by atoms with Crippen LogP contribution in [0, 0.1) is 23.7 Å². The number of furan rings is 1. The van der Waals surface area contributed by atoms with Crippen molar-refractivity contribution in [2.75, 3.05) is 11.4 Å². The molecule has 3 heteroatoms. The zero-order valence-corrected chi connectivity index (χ0v) is 12.4. The van der Waals surface area contributed by atoms with E-state index in [2.05, 4.69) is 17.9 Å². The Morgan fingerprint density at radius 3 is 2.25 bits per heavy atom. The minimum absolute atomic E-state index is 0.499. The van der Waals surface area contributed by atoms with Crippen LogP contribution in [0.1, 0.15) is 44.8 Å². The number of nitrogens with zero attached hydrogens (tertiary/aromatic N) is 1. The van der Waals surface area contributed by atoms with Gasteiger partial charge in [0.25, 0.3) is 0 Å². The van der Waals surface area contributed by atoms with Gasteiger partial charge in [0.2, 0.25) is 0 Å². The summed E-state index contributed by atoms with van der Waals surface area (Å²) >= 11 is 0. The Balaban J connectivity index is 1.61. The summed E-state index contributed by atoms with van der Waals surface area (Å²) in [6.45, 7) is 3.81. The fraction of sp³-hybridized carbons (Fsp3) is 0.765. The molecule has 2 N–H and O–H groups in total. The molecule has 0 spiro atoms. The maximum atomic E-state index is 5.94. The molecule has 0 aliphatic heterocycles. The Labute approximate surface area is 121 Å². The lowest BCUT2D eigenvalue weighted by atomic mass is 9.54. The van der Waals surface area contributed by atoms with E-state index in [9.17, 15) is 0 Å². The van der Waals surface area contributed by atoms with Crippen LogP contribution in [-0.4, -0.2) is 12.6 Å². The molecular weight excluding hydrogens is 248 g/mol. The van der Waals surface area contributed by atoms with Crippen molar-refractivity contribution in [3.8, 4) is 0 Å². The second-order valence-electron chi connectivity index (χ2n) is 7.15. The first-order chi connectivity index (χ1) is 9.78. The van der Waals surface area contributed by atoms with Crippen LogP contribution in [0.4, 0.5) is 5.88 Å². The molecule has 0 unspecified atom stereocenters. The van der Waals surface area contributed by atoms with Crippen molar-refractivity contribution >= 4 is 5.88 Å². The van der Waals surface area contributed by atoms with Crippen LogP contribution in [-0.2, 0) is 6.54 Å². The lowest BCUT2D eigenvalue weighted by Crippen LogP contribution is -2.56. The largest absolute Gasteiger partial charge is 0.444 e. The van der Waals surface area contributed by atoms with Gasteiger partial charge in [0.1, 0.15) is 5.76 Å². The van der Waals surface area contributed by atoms with E-state index in [1.807, 2.05) is 6.07 Å². The molecule has 20 heavy (non-hydrogen) atoms. The SMILES string of the molecule is CCN(c1ccc(CN)o1)C1C2CC3CC(C2)CC1C3. The fourth-order valence-electron chi connectivity index (χ4n) is 5.55. The van der Waals surface area contributed by atoms with E-state index < -0.39 is 0 Å². The standard InChI is InChI=1S/C17H26N2O/c1-2-19(16-4-3-15(10-18)20-16)17-13-6-11-5-12(8-13)9-14(17)7-11/h3-4,11-14,17H,2,5-10,18H2,1H3. The van der Waals surface area contributed by atoms with E-state index in [1.165, 1.54) is 32.1 Å². The predicted octanol–water partition coefficient (Wildman–Crippen LogP) is 3.39. The Kier molecular flexibility index (Phi) is 3.06. The molecule has 4 saturated carbocycles. The summed E-state index contributed by atoms with van der Waals surface area (Å²) in [4.78, 5) is 2.53. The summed E-state index contributed by atoms with van der Waals surface area (Å²) in [5, 5.41) is 0. The topological polar surface area (TPSA) is 42.4 Å². The lowest BCUT2D eigenvalue weighted by Gasteiger charge is -2.57. The predicted molar refractivity (Wildman–Crippen MR) is 80.5 cm³/mol. The first kappa shape index (κ1) is 12.8. The van der Waals surface area contributed by atoms with Gasteiger partial charge in [-0.25, -0.2) is 0 Å². The average Bonchev–Trinajstić information content (AvgIpc) is 2.90. The molecule has 5 rings (SSSR count). The van der Waals surface area contributed by atoms with Crippen LogP contribution < -0.4 is 10.6 Å². The van der Waals surface area contributed by atoms with Crippen molar-refractivity contribution in [3.05, 3.63) is 17.9 Å². The van der Waals surface area contributed by atoms with Gasteiger partial charge >= 0.3 is 0 Å². The smallest absolute Gasteiger partial charge is 0.195 e. The number of nitrogens with two attached hydrogens (primary N) is 1. The molecule has 0 atom stereocenters. The third kappa shape index (κ3) is 1.90. The highest BCUT2D eigenvalue weighted by Gasteiger charge is 2.50. The minimum Gasteiger partial charge on any atom is -0.444 e. The van der Waals surface area contributed by atoms with Crippen molar-refractivity contribution in [1.29, 1.82) is 0 Å². The summed E-state index contributed by atoms with van der Waals surface area (Å²) in [5.74, 6) is 5.82. The third-order valence-electron chi connectivity index (χ3n) is 6.01. The van der Waals surface area contributed by atoms with Gasteiger partial charge in [-0.3, -0.25) is 0 Å². The van der Waals surface area contributed by atoms with Crippen LogP contribution in [0.25, 0.3) is 0 Å². The van der Waals surface area contributed by atoms with Gasteiger partial charge in [-0.05, 0) is 68.8 Å². The molecule has 1 aromatic rings. The number of hydrogen-bond donors (Lipinski definition) is 1. The highest BCUT2D eigenvalue weighted by molar-refractivity contribution is 5.39. The third-order valence-corrected chi connectivity index (χ3v) is 6.01. The van der Waals surface area contributed by atoms with Crippen LogP contribution in [0.15, 0.2) is 16.5 Å². The van der Waals surface area contributed by atoms with Gasteiger partial charge < -0.3 is 15.1 Å². The highest BCUT2D eigenvalue weighted by atomic mass is 16.4. The first-order valence-electron chi connectivity index (χ1n) is 8.34. The molecule has 110 valence electrons. The zero-order valence-electron chi connectivity index (χ0n) is 12.4. The van der Waals surface area contributed by atoms with Crippen LogP contribution in [0.5, 0.6) is 0 Å². The van der Waals surface area contributed by atoms with Gasteiger partial charge in [0, 0.05) is 18.7 Å². The van der Waals surface area contributed by atoms with Crippen molar-refractivity contribution in [2.45, 2.75) is 51.6 Å². The number of rotatable bonds is 4. The van der Waals surface area contributed by atoms with E-state index in [1.54, 1.807) is 0 Å². The Hall–Kier alpha value is -0.960. The Morgan fingerprint density at radius 1 is 1.10 bits per heavy atom. The molecule has 1 heterocycles. The van der Waals surface area contributed by atoms with Crippen molar-refractivity contribution in [1.82, 2.24) is 0 Å². The van der Waals surface area contributed by atoms with Crippen LogP contribution in [0.3, 0.4) is 0 Å². The lowest BCUT2D eigenvalue weighted by molar-refractivity contribution is -0.00365. The Bertz CT molecular complexity index is 453. The molecule has 4 aliphatic carbocycles. The van der Waals surface area contributed by atoms with E-state index >= 15 is 0 Å². The molecule has 3 nitrogen and oxygen atoms in total. The summed E-state index contributed by atoms with van der Waals surface area (Å²) in [5.41, 5.74) is 5.69. The summed E-state index contributed by atoms with van der Waals surface area (Å²) in [7, 11) is 0. The second kappa shape index (κ2) is 4.80. The number of anilines is 1. The minimum atomic E-state index is 0.499. The number of hydrogen-bond acceptors (Lipinski definition) is 3. The van der Waals surface area contributed by atoms with E-state index in [0.29, 0.717) is 12.6 Å². The molecule has 0 radical (unpaired) electrons. The van der Waals surface area contributed by atoms with E-state index in [0.717, 1.165) is 41.9 Å². The average molecular weight is 274 g/mol. The first-order valence-corrected chi connectivity index (χ1v) is 8.34. The molecular formula is C17H26N2O. The van der Waals surface area contributed by atoms with Crippen molar-refractivity contribution in [2.24, 2.45) is 29.4 Å². The van der Waals surface area contributed by atoms with Gasteiger partial charge in [-0.2, -0.15) is 0 Å². The monoisotopic (exact) mass is 274 g/mol. The Morgan fingerprint density at radius 2 is 1.75 bits per heavy atom. The van der Waals surface area contributed by atoms with Crippen molar-refractivity contribution in [3.63, 3.8) is 0 Å². The van der Waals surface area contributed by atoms with Gasteiger partial charge in [0.15, 0.2) is 5.88 Å². The molecule has 0 saturated heterocycles. The van der Waals surface area contributed by atoms with Gasteiger partial charge in [-0.1, -0.05) is 0 Å². The van der Waals surface area contributed by atoms with Crippen molar-refractivity contribution < 1.29 is 4.42 Å². The normalized spacial score (nSPS) is 38.4. The molecule has 4 bridgehead atoms. The second-order valence-corrected chi connectivity index (χ2v) is 7.15. The molecule has 1 aromatic heterocycles. The molecule has 0 amide bonds. The fourth-order valence-corrected chi connectivity index (χ4v) is 5.55. The maximum Gasteiger partial charge on any atom is 0.195 e. The summed E-state index contributed by atoms with van der Waals surface area (Å²) < 4.78 is 5.94. The molecule has 4 fully saturated rings.